The number of aromatic nitrogens is 1. The Hall–Kier alpha value is -2.03. The van der Waals surface area contributed by atoms with E-state index in [1.54, 1.807) is 0 Å². The highest BCUT2D eigenvalue weighted by molar-refractivity contribution is 5.54. The first-order valence-electron chi connectivity index (χ1n) is 12.2. The van der Waals surface area contributed by atoms with Crippen molar-refractivity contribution in [1.82, 2.24) is 4.98 Å². The predicted octanol–water partition coefficient (Wildman–Crippen LogP) is 6.49. The van der Waals surface area contributed by atoms with E-state index in [2.05, 4.69) is 13.8 Å². The van der Waals surface area contributed by atoms with Crippen molar-refractivity contribution < 1.29 is 32.1 Å². The number of halogens is 4. The monoisotopic (exact) mass is 493 g/mol. The van der Waals surface area contributed by atoms with Gasteiger partial charge in [-0.05, 0) is 41.9 Å². The van der Waals surface area contributed by atoms with E-state index in [0.717, 1.165) is 28.6 Å². The third kappa shape index (κ3) is 4.07. The standard InChI is InChI=1S/C27H31F4NO3/c1-14(2)23-21-22(20-18(32-23)12-25(3,4)13-19(20)33)26(7-9-34-10-8-26)35-24(21)16-6-5-15(11-17(16)28)27(29,30)31/h5-6,11,14,19,24,33H,7-10,12-13H2,1-4H3. The molecule has 0 amide bonds. The van der Waals surface area contributed by atoms with Crippen molar-refractivity contribution in [3.63, 3.8) is 0 Å². The van der Waals surface area contributed by atoms with Crippen LogP contribution in [0.1, 0.15) is 104 Å². The van der Waals surface area contributed by atoms with Crippen LogP contribution in [0.25, 0.3) is 0 Å². The van der Waals surface area contributed by atoms with Gasteiger partial charge in [-0.15, -0.1) is 0 Å². The molecule has 1 aromatic carbocycles. The van der Waals surface area contributed by atoms with Gasteiger partial charge in [0.05, 0.1) is 17.3 Å². The Balaban J connectivity index is 1.77. The number of ether oxygens (including phenoxy) is 2. The van der Waals surface area contributed by atoms with E-state index in [4.69, 9.17) is 14.5 Å². The molecule has 1 spiro atoms. The molecule has 2 aliphatic heterocycles. The number of rotatable bonds is 2. The Morgan fingerprint density at radius 1 is 1.11 bits per heavy atom. The van der Waals surface area contributed by atoms with Crippen molar-refractivity contribution >= 4 is 0 Å². The fourth-order valence-corrected chi connectivity index (χ4v) is 6.07. The topological polar surface area (TPSA) is 51.6 Å². The van der Waals surface area contributed by atoms with Gasteiger partial charge in [-0.1, -0.05) is 33.8 Å². The Morgan fingerprint density at radius 2 is 1.80 bits per heavy atom. The molecule has 1 N–H and O–H groups in total. The van der Waals surface area contributed by atoms with Crippen molar-refractivity contribution in [3.8, 4) is 0 Å². The molecule has 3 aliphatic rings. The second-order valence-electron chi connectivity index (χ2n) is 11.2. The minimum absolute atomic E-state index is 0.0326. The zero-order valence-corrected chi connectivity index (χ0v) is 20.4. The smallest absolute Gasteiger partial charge is 0.388 e. The zero-order chi connectivity index (χ0) is 25.3. The summed E-state index contributed by atoms with van der Waals surface area (Å²) in [5, 5.41) is 11.3. The molecule has 0 saturated carbocycles. The highest BCUT2D eigenvalue weighted by atomic mass is 19.4. The molecule has 3 heterocycles. The number of fused-ring (bicyclic) bond motifs is 4. The van der Waals surface area contributed by atoms with Crippen LogP contribution in [0.5, 0.6) is 0 Å². The van der Waals surface area contributed by atoms with Crippen molar-refractivity contribution in [2.75, 3.05) is 13.2 Å². The minimum Gasteiger partial charge on any atom is -0.388 e. The molecular formula is C27H31F4NO3. The second kappa shape index (κ2) is 8.25. The van der Waals surface area contributed by atoms with Crippen LogP contribution in [0.4, 0.5) is 17.6 Å². The van der Waals surface area contributed by atoms with Gasteiger partial charge in [-0.3, -0.25) is 4.98 Å². The molecule has 0 bridgehead atoms. The molecule has 1 aromatic heterocycles. The molecule has 1 aliphatic carbocycles. The third-order valence-electron chi connectivity index (χ3n) is 7.62. The van der Waals surface area contributed by atoms with Gasteiger partial charge in [0.2, 0.25) is 0 Å². The first-order chi connectivity index (χ1) is 16.3. The maximum atomic E-state index is 15.3. The summed E-state index contributed by atoms with van der Waals surface area (Å²) in [7, 11) is 0. The molecular weight excluding hydrogens is 462 g/mol. The molecule has 2 unspecified atom stereocenters. The predicted molar refractivity (Wildman–Crippen MR) is 121 cm³/mol. The Labute approximate surface area is 202 Å². The molecule has 4 nitrogen and oxygen atoms in total. The fourth-order valence-electron chi connectivity index (χ4n) is 6.07. The summed E-state index contributed by atoms with van der Waals surface area (Å²) in [5.41, 5.74) is 1.94. The average molecular weight is 494 g/mol. The minimum atomic E-state index is -4.64. The van der Waals surface area contributed by atoms with E-state index >= 15 is 4.39 Å². The summed E-state index contributed by atoms with van der Waals surface area (Å²) in [6, 6.07) is 2.61. The summed E-state index contributed by atoms with van der Waals surface area (Å²) in [6.45, 7) is 9.08. The second-order valence-corrected chi connectivity index (χ2v) is 11.2. The van der Waals surface area contributed by atoms with Gasteiger partial charge in [-0.2, -0.15) is 13.2 Å². The number of aliphatic hydroxyl groups excluding tert-OH is 1. The van der Waals surface area contributed by atoms with Crippen molar-refractivity contribution in [1.29, 1.82) is 0 Å². The number of aliphatic hydroxyl groups is 1. The van der Waals surface area contributed by atoms with Crippen LogP contribution in [0.15, 0.2) is 18.2 Å². The van der Waals surface area contributed by atoms with Crippen LogP contribution >= 0.6 is 0 Å². The summed E-state index contributed by atoms with van der Waals surface area (Å²) in [5.74, 6) is -0.996. The Kier molecular flexibility index (Phi) is 5.81. The number of hydrogen-bond donors (Lipinski definition) is 1. The van der Waals surface area contributed by atoms with Crippen LogP contribution in [0.3, 0.4) is 0 Å². The maximum absolute atomic E-state index is 15.3. The lowest BCUT2D eigenvalue weighted by Gasteiger charge is -2.40. The van der Waals surface area contributed by atoms with E-state index < -0.39 is 35.4 Å². The average Bonchev–Trinajstić information content (AvgIpc) is 3.05. The van der Waals surface area contributed by atoms with Gasteiger partial charge in [0.1, 0.15) is 11.9 Å². The van der Waals surface area contributed by atoms with E-state index in [9.17, 15) is 18.3 Å². The van der Waals surface area contributed by atoms with Crippen molar-refractivity contribution in [3.05, 3.63) is 63.2 Å². The molecule has 5 rings (SSSR count). The summed E-state index contributed by atoms with van der Waals surface area (Å²) < 4.78 is 67.2. The Morgan fingerprint density at radius 3 is 2.40 bits per heavy atom. The van der Waals surface area contributed by atoms with Gasteiger partial charge in [-0.25, -0.2) is 4.39 Å². The van der Waals surface area contributed by atoms with E-state index in [-0.39, 0.29) is 16.9 Å². The largest absolute Gasteiger partial charge is 0.416 e. The fraction of sp³-hybridized carbons (Fsp3) is 0.593. The molecule has 2 atom stereocenters. The van der Waals surface area contributed by atoms with Crippen LogP contribution in [-0.2, 0) is 27.7 Å². The maximum Gasteiger partial charge on any atom is 0.416 e. The Bertz CT molecular complexity index is 1150. The van der Waals surface area contributed by atoms with Crippen LogP contribution in [-0.4, -0.2) is 23.3 Å². The highest BCUT2D eigenvalue weighted by Crippen LogP contribution is 2.57. The number of benzene rings is 1. The number of alkyl halides is 3. The molecule has 2 aromatic rings. The summed E-state index contributed by atoms with van der Waals surface area (Å²) >= 11 is 0. The third-order valence-corrected chi connectivity index (χ3v) is 7.62. The van der Waals surface area contributed by atoms with Gasteiger partial charge < -0.3 is 14.6 Å². The van der Waals surface area contributed by atoms with Crippen LogP contribution in [0, 0.1) is 11.2 Å². The molecule has 35 heavy (non-hydrogen) atoms. The van der Waals surface area contributed by atoms with E-state index in [1.165, 1.54) is 6.07 Å². The molecule has 0 radical (unpaired) electrons. The van der Waals surface area contributed by atoms with Crippen molar-refractivity contribution in [2.45, 2.75) is 83.3 Å². The van der Waals surface area contributed by atoms with Gasteiger partial charge in [0.25, 0.3) is 0 Å². The lowest BCUT2D eigenvalue weighted by molar-refractivity contribution is -0.138. The molecule has 190 valence electrons. The van der Waals surface area contributed by atoms with E-state index in [0.29, 0.717) is 50.5 Å². The first kappa shape index (κ1) is 24.7. The molecule has 8 heteroatoms. The van der Waals surface area contributed by atoms with Crippen LogP contribution < -0.4 is 0 Å². The molecule has 1 saturated heterocycles. The lowest BCUT2D eigenvalue weighted by Crippen LogP contribution is -2.37. The first-order valence-corrected chi connectivity index (χ1v) is 12.2. The number of pyridine rings is 1. The zero-order valence-electron chi connectivity index (χ0n) is 20.4. The molecule has 1 fully saturated rings. The number of hydrogen-bond acceptors (Lipinski definition) is 4. The highest BCUT2D eigenvalue weighted by Gasteiger charge is 2.52. The lowest BCUT2D eigenvalue weighted by atomic mass is 9.70. The summed E-state index contributed by atoms with van der Waals surface area (Å²) in [4.78, 5) is 5.00. The van der Waals surface area contributed by atoms with Gasteiger partial charge >= 0.3 is 6.18 Å². The summed E-state index contributed by atoms with van der Waals surface area (Å²) in [6.07, 6.45) is -4.03. The quantitative estimate of drug-likeness (QED) is 0.486. The van der Waals surface area contributed by atoms with Gasteiger partial charge in [0, 0.05) is 54.1 Å². The van der Waals surface area contributed by atoms with Crippen molar-refractivity contribution in [2.24, 2.45) is 5.41 Å². The normalized spacial score (nSPS) is 25.1. The number of nitrogens with zero attached hydrogens (tertiary/aromatic N) is 1. The van der Waals surface area contributed by atoms with Gasteiger partial charge in [0.15, 0.2) is 0 Å². The van der Waals surface area contributed by atoms with Crippen LogP contribution in [0.2, 0.25) is 0 Å². The SMILES string of the molecule is CC(C)c1nc2c(c3c1C(c1ccc(C(F)(F)F)cc1F)OC31CCOCC1)C(O)CC(C)(C)C2. The van der Waals surface area contributed by atoms with E-state index in [1.807, 2.05) is 13.8 Å².